The van der Waals surface area contributed by atoms with Crippen molar-refractivity contribution < 1.29 is 0 Å². The van der Waals surface area contributed by atoms with Gasteiger partial charge in [-0.15, -0.1) is 0 Å². The van der Waals surface area contributed by atoms with E-state index in [-0.39, 0.29) is 5.56 Å². The van der Waals surface area contributed by atoms with Gasteiger partial charge in [-0.3, -0.25) is 14.0 Å². The highest BCUT2D eigenvalue weighted by atomic mass is 16.1. The molecule has 0 saturated heterocycles. The molecule has 1 aromatic carbocycles. The lowest BCUT2D eigenvalue weighted by atomic mass is 10.1. The normalized spacial score (nSPS) is 10.6. The van der Waals surface area contributed by atoms with Crippen molar-refractivity contribution in [2.75, 3.05) is 0 Å². The van der Waals surface area contributed by atoms with Crippen LogP contribution in [0, 0.1) is 11.3 Å². The van der Waals surface area contributed by atoms with Gasteiger partial charge in [0, 0.05) is 7.05 Å². The molecule has 0 radical (unpaired) electrons. The summed E-state index contributed by atoms with van der Waals surface area (Å²) < 4.78 is 3.08. The van der Waals surface area contributed by atoms with Gasteiger partial charge in [-0.2, -0.15) is 10.4 Å². The van der Waals surface area contributed by atoms with E-state index in [9.17, 15) is 4.79 Å². The molecule has 3 aromatic rings. The van der Waals surface area contributed by atoms with Gasteiger partial charge in [-0.1, -0.05) is 12.1 Å². The Balaban J connectivity index is 2.05. The van der Waals surface area contributed by atoms with Gasteiger partial charge in [-0.05, 0) is 17.7 Å². The van der Waals surface area contributed by atoms with Crippen molar-refractivity contribution in [1.29, 1.82) is 5.26 Å². The molecule has 0 N–H and O–H groups in total. The summed E-state index contributed by atoms with van der Waals surface area (Å²) in [5, 5.41) is 13.4. The highest BCUT2D eigenvalue weighted by molar-refractivity contribution is 5.72. The summed E-state index contributed by atoms with van der Waals surface area (Å²) in [7, 11) is 1.75. The fourth-order valence-electron chi connectivity index (χ4n) is 2.12. The van der Waals surface area contributed by atoms with Gasteiger partial charge < -0.3 is 0 Å². The highest BCUT2D eigenvalue weighted by Crippen LogP contribution is 2.07. The van der Waals surface area contributed by atoms with Crippen LogP contribution in [0.2, 0.25) is 0 Å². The van der Waals surface area contributed by atoms with Crippen molar-refractivity contribution in [3.05, 3.63) is 58.3 Å². The number of fused-ring (bicyclic) bond motifs is 1. The van der Waals surface area contributed by atoms with Gasteiger partial charge in [0.05, 0.1) is 24.4 Å². The molecule has 0 saturated carbocycles. The number of hydrogen-bond acceptors (Lipinski definition) is 4. The topological polar surface area (TPSA) is 76.5 Å². The van der Waals surface area contributed by atoms with Crippen molar-refractivity contribution in [2.24, 2.45) is 7.05 Å². The van der Waals surface area contributed by atoms with Crippen LogP contribution in [-0.2, 0) is 13.6 Å². The van der Waals surface area contributed by atoms with Crippen LogP contribution in [0.1, 0.15) is 11.1 Å². The second-order valence-corrected chi connectivity index (χ2v) is 4.50. The molecule has 0 aliphatic carbocycles. The van der Waals surface area contributed by atoms with E-state index in [1.54, 1.807) is 29.9 Å². The Morgan fingerprint density at radius 1 is 1.40 bits per heavy atom. The molecule has 6 heteroatoms. The SMILES string of the molecule is Cn1ncc2c(=O)n(Cc3cccc(C#N)c3)cnc21. The van der Waals surface area contributed by atoms with Crippen LogP contribution < -0.4 is 5.56 Å². The van der Waals surface area contributed by atoms with Crippen molar-refractivity contribution in [2.45, 2.75) is 6.54 Å². The Hall–Kier alpha value is -2.94. The summed E-state index contributed by atoms with van der Waals surface area (Å²) in [5.74, 6) is 0. The van der Waals surface area contributed by atoms with Gasteiger partial charge in [0.25, 0.3) is 5.56 Å². The largest absolute Gasteiger partial charge is 0.294 e. The number of aromatic nitrogens is 4. The molecule has 6 nitrogen and oxygen atoms in total. The number of hydrogen-bond donors (Lipinski definition) is 0. The molecule has 0 bridgehead atoms. The molecule has 3 rings (SSSR count). The van der Waals surface area contributed by atoms with Crippen molar-refractivity contribution in [3.8, 4) is 6.07 Å². The van der Waals surface area contributed by atoms with Crippen LogP contribution in [0.3, 0.4) is 0 Å². The number of nitriles is 1. The molecule has 0 amide bonds. The number of aryl methyl sites for hydroxylation is 1. The van der Waals surface area contributed by atoms with Gasteiger partial charge in [0.1, 0.15) is 11.7 Å². The maximum absolute atomic E-state index is 12.3. The summed E-state index contributed by atoms with van der Waals surface area (Å²) in [4.78, 5) is 16.5. The smallest absolute Gasteiger partial charge is 0.264 e. The van der Waals surface area contributed by atoms with E-state index in [0.29, 0.717) is 23.1 Å². The molecule has 0 unspecified atom stereocenters. The zero-order valence-corrected chi connectivity index (χ0v) is 10.8. The predicted molar refractivity (Wildman–Crippen MR) is 73.0 cm³/mol. The molecule has 0 spiro atoms. The number of benzene rings is 1. The second-order valence-electron chi connectivity index (χ2n) is 4.50. The maximum atomic E-state index is 12.3. The van der Waals surface area contributed by atoms with E-state index < -0.39 is 0 Å². The van der Waals surface area contributed by atoms with Crippen LogP contribution in [0.5, 0.6) is 0 Å². The first kappa shape index (κ1) is 12.1. The first-order chi connectivity index (χ1) is 9.69. The van der Waals surface area contributed by atoms with Crippen LogP contribution in [0.15, 0.2) is 41.6 Å². The maximum Gasteiger partial charge on any atom is 0.264 e. The predicted octanol–water partition coefficient (Wildman–Crippen LogP) is 1.05. The fourth-order valence-corrected chi connectivity index (χ4v) is 2.12. The molecular formula is C14H11N5O. The lowest BCUT2D eigenvalue weighted by molar-refractivity contribution is 0.737. The average molecular weight is 265 g/mol. The minimum absolute atomic E-state index is 0.134. The third-order valence-corrected chi connectivity index (χ3v) is 3.13. The van der Waals surface area contributed by atoms with Gasteiger partial charge in [-0.25, -0.2) is 4.98 Å². The standard InChI is InChI=1S/C14H11N5O/c1-18-13-12(7-17-18)14(20)19(9-16-13)8-11-4-2-3-10(5-11)6-15/h2-5,7,9H,8H2,1H3. The molecule has 2 aromatic heterocycles. The zero-order chi connectivity index (χ0) is 14.1. The van der Waals surface area contributed by atoms with Crippen LogP contribution in [-0.4, -0.2) is 19.3 Å². The van der Waals surface area contributed by atoms with Gasteiger partial charge in [0.15, 0.2) is 5.65 Å². The summed E-state index contributed by atoms with van der Waals surface area (Å²) in [6.07, 6.45) is 3.03. The molecule has 98 valence electrons. The van der Waals surface area contributed by atoms with E-state index in [4.69, 9.17) is 5.26 Å². The van der Waals surface area contributed by atoms with Crippen molar-refractivity contribution >= 4 is 11.0 Å². The molecule has 0 aliphatic heterocycles. The van der Waals surface area contributed by atoms with E-state index in [2.05, 4.69) is 16.2 Å². The first-order valence-electron chi connectivity index (χ1n) is 6.05. The lowest BCUT2D eigenvalue weighted by Crippen LogP contribution is -2.21. The minimum atomic E-state index is -0.134. The minimum Gasteiger partial charge on any atom is -0.294 e. The van der Waals surface area contributed by atoms with Gasteiger partial charge in [0.2, 0.25) is 0 Å². The summed E-state index contributed by atoms with van der Waals surface area (Å²) in [5.41, 5.74) is 1.89. The zero-order valence-electron chi connectivity index (χ0n) is 10.8. The Bertz CT molecular complexity index is 884. The van der Waals surface area contributed by atoms with Crippen molar-refractivity contribution in [3.63, 3.8) is 0 Å². The summed E-state index contributed by atoms with van der Waals surface area (Å²) in [6.45, 7) is 0.381. The third-order valence-electron chi connectivity index (χ3n) is 3.13. The van der Waals surface area contributed by atoms with Crippen LogP contribution in [0.4, 0.5) is 0 Å². The Kier molecular flexibility index (Phi) is 2.80. The highest BCUT2D eigenvalue weighted by Gasteiger charge is 2.08. The molecular weight excluding hydrogens is 254 g/mol. The Morgan fingerprint density at radius 3 is 3.05 bits per heavy atom. The van der Waals surface area contributed by atoms with E-state index in [1.807, 2.05) is 6.07 Å². The van der Waals surface area contributed by atoms with E-state index in [0.717, 1.165) is 5.56 Å². The third kappa shape index (κ3) is 1.95. The average Bonchev–Trinajstić information content (AvgIpc) is 2.84. The summed E-state index contributed by atoms with van der Waals surface area (Å²) >= 11 is 0. The Labute approximate surface area is 114 Å². The quantitative estimate of drug-likeness (QED) is 0.694. The van der Waals surface area contributed by atoms with Crippen molar-refractivity contribution in [1.82, 2.24) is 19.3 Å². The van der Waals surface area contributed by atoms with E-state index in [1.165, 1.54) is 17.1 Å². The summed E-state index contributed by atoms with van der Waals surface area (Å²) in [6, 6.07) is 9.26. The van der Waals surface area contributed by atoms with Gasteiger partial charge >= 0.3 is 0 Å². The Morgan fingerprint density at radius 2 is 2.25 bits per heavy atom. The first-order valence-corrected chi connectivity index (χ1v) is 6.05. The number of nitrogens with zero attached hydrogens (tertiary/aromatic N) is 5. The van der Waals surface area contributed by atoms with Crippen LogP contribution in [0.25, 0.3) is 11.0 Å². The molecule has 20 heavy (non-hydrogen) atoms. The van der Waals surface area contributed by atoms with Crippen LogP contribution >= 0.6 is 0 Å². The molecule has 0 atom stereocenters. The number of rotatable bonds is 2. The molecule has 0 aliphatic rings. The molecule has 0 fully saturated rings. The molecule has 2 heterocycles. The fraction of sp³-hybridized carbons (Fsp3) is 0.143. The lowest BCUT2D eigenvalue weighted by Gasteiger charge is -2.05. The van der Waals surface area contributed by atoms with E-state index >= 15 is 0 Å². The second kappa shape index (κ2) is 4.63. The monoisotopic (exact) mass is 265 g/mol.